The minimum Gasteiger partial charge on any atom is -0.456 e. The zero-order valence-corrected chi connectivity index (χ0v) is 29.3. The van der Waals surface area contributed by atoms with Gasteiger partial charge in [-0.25, -0.2) is 4.98 Å². The molecule has 0 spiro atoms. The van der Waals surface area contributed by atoms with E-state index in [2.05, 4.69) is 0 Å². The monoisotopic (exact) mass is 744 g/mol. The minimum absolute atomic E-state index is 0.0128. The fourth-order valence-electron chi connectivity index (χ4n) is 7.54. The fraction of sp³-hybridized carbons (Fsp3) is 0. The molecule has 0 unspecified atom stereocenters. The lowest BCUT2D eigenvalue weighted by Gasteiger charge is -2.11. The summed E-state index contributed by atoms with van der Waals surface area (Å²) in [5.74, 6) is 0.0818. The van der Waals surface area contributed by atoms with Gasteiger partial charge in [-0.3, -0.25) is 4.57 Å². The van der Waals surface area contributed by atoms with E-state index in [1.807, 2.05) is 6.07 Å². The zero-order valence-electron chi connectivity index (χ0n) is 43.3. The van der Waals surface area contributed by atoms with E-state index >= 15 is 0 Å². The average molecular weight is 745 g/mol. The second-order valence-electron chi connectivity index (χ2n) is 13.3. The van der Waals surface area contributed by atoms with E-state index in [4.69, 9.17) is 36.1 Å². The highest BCUT2D eigenvalue weighted by Gasteiger charge is 2.23. The van der Waals surface area contributed by atoms with Gasteiger partial charge in [0, 0.05) is 49.5 Å². The first-order chi connectivity index (χ1) is 34.1. The zero-order chi connectivity index (χ0) is 49.6. The molecule has 0 aliphatic rings. The number of nitrogens with zero attached hydrogens (tertiary/aromatic N) is 4. The van der Waals surface area contributed by atoms with Gasteiger partial charge in [0.2, 0.25) is 5.95 Å². The van der Waals surface area contributed by atoms with Crippen molar-refractivity contribution in [2.45, 2.75) is 0 Å². The number of rotatable bonds is 5. The summed E-state index contributed by atoms with van der Waals surface area (Å²) >= 11 is 0. The van der Waals surface area contributed by atoms with Crippen LogP contribution in [0.25, 0.3) is 117 Å². The third-order valence-electron chi connectivity index (χ3n) is 10.0. The number of furan rings is 2. The maximum Gasteiger partial charge on any atom is 0.238 e. The van der Waals surface area contributed by atoms with E-state index in [1.54, 1.807) is 91.0 Å². The molecule has 6 nitrogen and oxygen atoms in total. The van der Waals surface area contributed by atoms with Gasteiger partial charge in [0.25, 0.3) is 0 Å². The number of hydrogen-bond acceptors (Lipinski definition) is 5. The Kier molecular flexibility index (Phi) is 4.49. The van der Waals surface area contributed by atoms with Crippen molar-refractivity contribution in [2.24, 2.45) is 0 Å². The van der Waals surface area contributed by atoms with Gasteiger partial charge < -0.3 is 8.83 Å². The van der Waals surface area contributed by atoms with Crippen molar-refractivity contribution >= 4 is 65.7 Å². The van der Waals surface area contributed by atoms with Crippen LogP contribution in [0.2, 0.25) is 0 Å². The second kappa shape index (κ2) is 12.3. The van der Waals surface area contributed by atoms with Gasteiger partial charge >= 0.3 is 0 Å². The summed E-state index contributed by atoms with van der Waals surface area (Å²) in [5, 5.41) is 1.04. The first kappa shape index (κ1) is 20.7. The number of benzene rings is 8. The van der Waals surface area contributed by atoms with Crippen LogP contribution in [0.4, 0.5) is 0 Å². The molecule has 4 heterocycles. The van der Waals surface area contributed by atoms with E-state index in [9.17, 15) is 6.85 Å². The van der Waals surface area contributed by atoms with E-state index in [0.717, 1.165) is 0 Å². The number of hydrogen-bond donors (Lipinski definition) is 0. The number of fused-ring (bicyclic) bond motifs is 9. The minimum atomic E-state index is -0.564. The van der Waals surface area contributed by atoms with Crippen LogP contribution in [-0.4, -0.2) is 19.5 Å². The lowest BCUT2D eigenvalue weighted by atomic mass is 9.99. The Morgan fingerprint density at radius 1 is 0.421 bits per heavy atom. The Balaban J connectivity index is 1.20. The van der Waals surface area contributed by atoms with Crippen molar-refractivity contribution in [1.29, 1.82) is 0 Å². The topological polar surface area (TPSA) is 69.9 Å². The van der Waals surface area contributed by atoms with E-state index < -0.39 is 54.4 Å². The summed E-state index contributed by atoms with van der Waals surface area (Å²) in [6.07, 6.45) is 0. The van der Waals surface area contributed by atoms with Gasteiger partial charge in [-0.2, -0.15) is 9.97 Å². The van der Waals surface area contributed by atoms with Gasteiger partial charge in [-0.1, -0.05) is 139 Å². The van der Waals surface area contributed by atoms with E-state index in [1.165, 1.54) is 4.57 Å². The summed E-state index contributed by atoms with van der Waals surface area (Å²) < 4.78 is 139. The molecule has 0 radical (unpaired) electrons. The van der Waals surface area contributed by atoms with E-state index in [0.29, 0.717) is 44.2 Å². The van der Waals surface area contributed by atoms with Crippen molar-refractivity contribution in [3.8, 4) is 51.0 Å². The van der Waals surface area contributed by atoms with Gasteiger partial charge in [0.15, 0.2) is 11.6 Å². The molecule has 57 heavy (non-hydrogen) atoms. The molecular weight excluding hydrogens is 701 g/mol. The van der Waals surface area contributed by atoms with Crippen LogP contribution in [0.15, 0.2) is 190 Å². The summed E-state index contributed by atoms with van der Waals surface area (Å²) in [4.78, 5) is 14.9. The Morgan fingerprint density at radius 2 is 1.18 bits per heavy atom. The highest BCUT2D eigenvalue weighted by molar-refractivity contribution is 6.21. The Hall–Kier alpha value is -7.83. The maximum atomic E-state index is 9.94. The summed E-state index contributed by atoms with van der Waals surface area (Å²) in [6, 6.07) is 21.7. The normalized spacial score (nSPS) is 15.3. The first-order valence-corrected chi connectivity index (χ1v) is 17.9. The first-order valence-electron chi connectivity index (χ1n) is 24.9. The van der Waals surface area contributed by atoms with Crippen molar-refractivity contribution in [1.82, 2.24) is 19.5 Å². The Morgan fingerprint density at radius 3 is 2.02 bits per heavy atom. The summed E-state index contributed by atoms with van der Waals surface area (Å²) in [6.45, 7) is 0. The van der Waals surface area contributed by atoms with Crippen LogP contribution in [-0.2, 0) is 0 Å². The van der Waals surface area contributed by atoms with Gasteiger partial charge in [-0.05, 0) is 58.6 Å². The molecular formula is C51H30N4O2. The number of para-hydroxylation sites is 1. The molecule has 0 aliphatic carbocycles. The third-order valence-corrected chi connectivity index (χ3v) is 10.0. The van der Waals surface area contributed by atoms with Gasteiger partial charge in [0.1, 0.15) is 22.3 Å². The summed E-state index contributed by atoms with van der Waals surface area (Å²) in [7, 11) is 0. The standard InChI is InChI=1S/C51H30N4O2/c1-4-14-31(15-5-1)35-21-12-23-41-47(35)40-29-39-37-20-10-11-24-43(37)56-46(39)30-42(40)55(41)51-53-49(33-18-8-3-9-19-33)52-50(54-51)34-26-27-38-45(28-34)57-44-25-13-22-36(48(38)44)32-16-6-2-7-17-32/h1-30H/i2D,6D,7D,10D,11D,12D,16D,17D,20D,21D,23D,24D,29D,30D. The van der Waals surface area contributed by atoms with Crippen LogP contribution in [0.3, 0.4) is 0 Å². The highest BCUT2D eigenvalue weighted by Crippen LogP contribution is 2.43. The van der Waals surface area contributed by atoms with Gasteiger partial charge in [-0.15, -0.1) is 0 Å². The highest BCUT2D eigenvalue weighted by atomic mass is 16.3. The van der Waals surface area contributed by atoms with Crippen molar-refractivity contribution in [3.63, 3.8) is 0 Å². The van der Waals surface area contributed by atoms with Crippen molar-refractivity contribution in [2.75, 3.05) is 0 Å². The molecule has 0 aliphatic heterocycles. The average Bonchev–Trinajstić information content (AvgIpc) is 4.09. The second-order valence-corrected chi connectivity index (χ2v) is 13.3. The summed E-state index contributed by atoms with van der Waals surface area (Å²) in [5.41, 5.74) is 2.11. The van der Waals surface area contributed by atoms with Crippen LogP contribution < -0.4 is 0 Å². The molecule has 0 atom stereocenters. The Bertz CT molecular complexity index is 4320. The van der Waals surface area contributed by atoms with E-state index in [-0.39, 0.29) is 103 Å². The van der Waals surface area contributed by atoms with Crippen molar-refractivity contribution in [3.05, 3.63) is 182 Å². The third kappa shape index (κ3) is 4.94. The molecule has 12 rings (SSSR count). The Labute approximate surface area is 345 Å². The van der Waals surface area contributed by atoms with Crippen molar-refractivity contribution < 1.29 is 28.0 Å². The molecule has 4 aromatic heterocycles. The molecule has 0 saturated carbocycles. The predicted molar refractivity (Wildman–Crippen MR) is 230 cm³/mol. The molecule has 6 heteroatoms. The lowest BCUT2D eigenvalue weighted by Crippen LogP contribution is -2.06. The smallest absolute Gasteiger partial charge is 0.238 e. The van der Waals surface area contributed by atoms with Crippen LogP contribution in [0.1, 0.15) is 19.2 Å². The quantitative estimate of drug-likeness (QED) is 0.175. The molecule has 266 valence electrons. The lowest BCUT2D eigenvalue weighted by molar-refractivity contribution is 0.668. The molecule has 0 fully saturated rings. The molecule has 0 amide bonds. The molecule has 0 bridgehead atoms. The molecule has 12 aromatic rings. The predicted octanol–water partition coefficient (Wildman–Crippen LogP) is 13.4. The number of aromatic nitrogens is 4. The largest absolute Gasteiger partial charge is 0.456 e. The SMILES string of the molecule is [2H]c1c([2H])c([2H])c(-c2cccc3oc4cc(-c5nc(-c6ccccc6)nc(-n6c7c([2H])c([2H])c([2H])c(-c8ccccc8)c7c7c([2H])c8c(oc9c([2H])c([2H])c([2H])c([2H])c98)c([2H])c76)n5)ccc4c23)c([2H])c1[2H]. The molecule has 0 N–H and O–H groups in total. The van der Waals surface area contributed by atoms with Crippen LogP contribution >= 0.6 is 0 Å². The molecule has 0 saturated heterocycles. The van der Waals surface area contributed by atoms with Crippen LogP contribution in [0.5, 0.6) is 0 Å². The molecule has 8 aromatic carbocycles. The fourth-order valence-corrected chi connectivity index (χ4v) is 7.54. The van der Waals surface area contributed by atoms with Crippen LogP contribution in [0, 0.1) is 0 Å². The van der Waals surface area contributed by atoms with Gasteiger partial charge in [0.05, 0.1) is 30.2 Å². The maximum absolute atomic E-state index is 9.94.